The SMILES string of the molecule is Cc1ccc2c(c1)c(C(=O)C1CC1)cn2C. The summed E-state index contributed by atoms with van der Waals surface area (Å²) in [7, 11) is 2.00. The zero-order valence-electron chi connectivity index (χ0n) is 9.66. The highest BCUT2D eigenvalue weighted by molar-refractivity contribution is 6.10. The van der Waals surface area contributed by atoms with Gasteiger partial charge in [-0.15, -0.1) is 0 Å². The minimum atomic E-state index is 0.297. The van der Waals surface area contributed by atoms with Crippen LogP contribution in [0.25, 0.3) is 10.9 Å². The summed E-state index contributed by atoms with van der Waals surface area (Å²) < 4.78 is 2.05. The topological polar surface area (TPSA) is 22.0 Å². The molecule has 0 atom stereocenters. The van der Waals surface area contributed by atoms with Crippen molar-refractivity contribution in [2.24, 2.45) is 13.0 Å². The molecule has 3 rings (SSSR count). The quantitative estimate of drug-likeness (QED) is 0.703. The number of nitrogens with zero attached hydrogens (tertiary/aromatic N) is 1. The molecule has 0 N–H and O–H groups in total. The lowest BCUT2D eigenvalue weighted by Gasteiger charge is -1.98. The van der Waals surface area contributed by atoms with Crippen LogP contribution in [0.2, 0.25) is 0 Å². The van der Waals surface area contributed by atoms with Crippen molar-refractivity contribution in [3.63, 3.8) is 0 Å². The van der Waals surface area contributed by atoms with Crippen LogP contribution in [0.1, 0.15) is 28.8 Å². The number of carbonyl (C=O) groups excluding carboxylic acids is 1. The molecule has 0 saturated heterocycles. The first-order valence-corrected chi connectivity index (χ1v) is 5.77. The number of ketones is 1. The van der Waals surface area contributed by atoms with Crippen molar-refractivity contribution in [3.8, 4) is 0 Å². The second-order valence-corrected chi connectivity index (χ2v) is 4.81. The lowest BCUT2D eigenvalue weighted by Crippen LogP contribution is -1.99. The summed E-state index contributed by atoms with van der Waals surface area (Å²) in [4.78, 5) is 12.1. The average Bonchev–Trinajstić information content (AvgIpc) is 3.04. The third kappa shape index (κ3) is 1.37. The van der Waals surface area contributed by atoms with Crippen LogP contribution in [-0.2, 0) is 7.05 Å². The maximum absolute atomic E-state index is 12.1. The zero-order valence-corrected chi connectivity index (χ0v) is 9.66. The third-order valence-corrected chi connectivity index (χ3v) is 3.36. The number of benzene rings is 1. The lowest BCUT2D eigenvalue weighted by atomic mass is 10.0. The predicted molar refractivity (Wildman–Crippen MR) is 64.7 cm³/mol. The van der Waals surface area contributed by atoms with Crippen LogP contribution in [0, 0.1) is 12.8 Å². The summed E-state index contributed by atoms with van der Waals surface area (Å²) in [6, 6.07) is 6.30. The smallest absolute Gasteiger partial charge is 0.168 e. The van der Waals surface area contributed by atoms with Gasteiger partial charge >= 0.3 is 0 Å². The molecule has 0 spiro atoms. The molecule has 1 heterocycles. The molecule has 82 valence electrons. The van der Waals surface area contributed by atoms with Gasteiger partial charge < -0.3 is 4.57 Å². The van der Waals surface area contributed by atoms with E-state index in [4.69, 9.17) is 0 Å². The van der Waals surface area contributed by atoms with Gasteiger partial charge in [0.05, 0.1) is 0 Å². The highest BCUT2D eigenvalue weighted by Crippen LogP contribution is 2.35. The van der Waals surface area contributed by atoms with E-state index >= 15 is 0 Å². The number of rotatable bonds is 2. The first-order valence-electron chi connectivity index (χ1n) is 5.77. The monoisotopic (exact) mass is 213 g/mol. The van der Waals surface area contributed by atoms with Crippen LogP contribution in [0.5, 0.6) is 0 Å². The summed E-state index contributed by atoms with van der Waals surface area (Å²) in [5.74, 6) is 0.627. The molecule has 1 aromatic carbocycles. The summed E-state index contributed by atoms with van der Waals surface area (Å²) in [5, 5.41) is 1.11. The molecular weight excluding hydrogens is 198 g/mol. The molecule has 0 bridgehead atoms. The fourth-order valence-electron chi connectivity index (χ4n) is 2.27. The highest BCUT2D eigenvalue weighted by Gasteiger charge is 2.32. The van der Waals surface area contributed by atoms with Gasteiger partial charge in [-0.3, -0.25) is 4.79 Å². The number of hydrogen-bond acceptors (Lipinski definition) is 1. The van der Waals surface area contributed by atoms with Gasteiger partial charge in [0.2, 0.25) is 0 Å². The maximum atomic E-state index is 12.1. The minimum Gasteiger partial charge on any atom is -0.350 e. The normalized spacial score (nSPS) is 15.6. The van der Waals surface area contributed by atoms with Gasteiger partial charge in [0, 0.05) is 35.6 Å². The molecule has 0 radical (unpaired) electrons. The maximum Gasteiger partial charge on any atom is 0.168 e. The molecule has 1 fully saturated rings. The molecule has 0 unspecified atom stereocenters. The van der Waals surface area contributed by atoms with E-state index in [0.29, 0.717) is 11.7 Å². The number of Topliss-reactive ketones (excluding diaryl/α,β-unsaturated/α-hetero) is 1. The van der Waals surface area contributed by atoms with E-state index in [2.05, 4.69) is 25.1 Å². The first kappa shape index (κ1) is 9.64. The van der Waals surface area contributed by atoms with Crippen LogP contribution in [0.15, 0.2) is 24.4 Å². The number of aryl methyl sites for hydroxylation is 2. The number of aromatic nitrogens is 1. The Bertz CT molecular complexity index is 576. The molecule has 0 amide bonds. The Morgan fingerprint density at radius 1 is 1.38 bits per heavy atom. The Balaban J connectivity index is 2.23. The Kier molecular flexibility index (Phi) is 1.93. The Morgan fingerprint density at radius 2 is 2.12 bits per heavy atom. The second-order valence-electron chi connectivity index (χ2n) is 4.81. The van der Waals surface area contributed by atoms with Gasteiger partial charge in [-0.1, -0.05) is 11.6 Å². The third-order valence-electron chi connectivity index (χ3n) is 3.36. The van der Waals surface area contributed by atoms with E-state index in [1.807, 2.05) is 17.8 Å². The van der Waals surface area contributed by atoms with E-state index < -0.39 is 0 Å². The van der Waals surface area contributed by atoms with Gasteiger partial charge in [0.1, 0.15) is 0 Å². The second kappa shape index (κ2) is 3.21. The summed E-state index contributed by atoms with van der Waals surface area (Å²) in [5.41, 5.74) is 3.27. The van der Waals surface area contributed by atoms with Gasteiger partial charge in [-0.2, -0.15) is 0 Å². The van der Waals surface area contributed by atoms with Crippen LogP contribution in [0.4, 0.5) is 0 Å². The number of carbonyl (C=O) groups is 1. The molecule has 1 aliphatic rings. The Labute approximate surface area is 94.9 Å². The van der Waals surface area contributed by atoms with Crippen molar-refractivity contribution in [2.45, 2.75) is 19.8 Å². The van der Waals surface area contributed by atoms with Gasteiger partial charge in [-0.05, 0) is 31.9 Å². The van der Waals surface area contributed by atoms with Crippen LogP contribution < -0.4 is 0 Å². The van der Waals surface area contributed by atoms with Crippen molar-refractivity contribution < 1.29 is 4.79 Å². The van der Waals surface area contributed by atoms with E-state index in [0.717, 1.165) is 29.3 Å². The highest BCUT2D eigenvalue weighted by atomic mass is 16.1. The molecule has 1 aliphatic carbocycles. The van der Waals surface area contributed by atoms with Crippen LogP contribution >= 0.6 is 0 Å². The van der Waals surface area contributed by atoms with E-state index in [1.54, 1.807) is 0 Å². The molecule has 2 heteroatoms. The molecule has 2 aromatic rings. The molecular formula is C14H15NO. The molecule has 2 nitrogen and oxygen atoms in total. The van der Waals surface area contributed by atoms with E-state index in [-0.39, 0.29) is 0 Å². The Hall–Kier alpha value is -1.57. The van der Waals surface area contributed by atoms with E-state index in [9.17, 15) is 4.79 Å². The van der Waals surface area contributed by atoms with Gasteiger partial charge in [-0.25, -0.2) is 0 Å². The summed E-state index contributed by atoms with van der Waals surface area (Å²) in [6.07, 6.45) is 4.12. The molecule has 1 aromatic heterocycles. The largest absolute Gasteiger partial charge is 0.350 e. The number of fused-ring (bicyclic) bond motifs is 1. The molecule has 1 saturated carbocycles. The lowest BCUT2D eigenvalue weighted by molar-refractivity contribution is 0.0969. The van der Waals surface area contributed by atoms with Crippen LogP contribution in [-0.4, -0.2) is 10.4 Å². The molecule has 16 heavy (non-hydrogen) atoms. The fourth-order valence-corrected chi connectivity index (χ4v) is 2.27. The molecule has 0 aliphatic heterocycles. The van der Waals surface area contributed by atoms with E-state index in [1.165, 1.54) is 5.56 Å². The average molecular weight is 213 g/mol. The first-order chi connectivity index (χ1) is 7.66. The van der Waals surface area contributed by atoms with Crippen molar-refractivity contribution in [1.29, 1.82) is 0 Å². The van der Waals surface area contributed by atoms with Crippen molar-refractivity contribution in [2.75, 3.05) is 0 Å². The van der Waals surface area contributed by atoms with Crippen molar-refractivity contribution in [3.05, 3.63) is 35.5 Å². The standard InChI is InChI=1S/C14H15NO/c1-9-3-6-13-11(7-9)12(8-15(13)2)14(16)10-4-5-10/h3,6-8,10H,4-5H2,1-2H3. The number of hydrogen-bond donors (Lipinski definition) is 0. The predicted octanol–water partition coefficient (Wildman–Crippen LogP) is 3.08. The van der Waals surface area contributed by atoms with Crippen LogP contribution in [0.3, 0.4) is 0 Å². The zero-order chi connectivity index (χ0) is 11.3. The van der Waals surface area contributed by atoms with Gasteiger partial charge in [0.25, 0.3) is 0 Å². The Morgan fingerprint density at radius 3 is 2.81 bits per heavy atom. The minimum absolute atomic E-state index is 0.297. The van der Waals surface area contributed by atoms with Gasteiger partial charge in [0.15, 0.2) is 5.78 Å². The summed E-state index contributed by atoms with van der Waals surface area (Å²) in [6.45, 7) is 2.07. The van der Waals surface area contributed by atoms with Crippen molar-refractivity contribution in [1.82, 2.24) is 4.57 Å². The summed E-state index contributed by atoms with van der Waals surface area (Å²) >= 11 is 0. The fraction of sp³-hybridized carbons (Fsp3) is 0.357. The van der Waals surface area contributed by atoms with Crippen molar-refractivity contribution >= 4 is 16.7 Å².